The molecule has 0 aliphatic heterocycles. The summed E-state index contributed by atoms with van der Waals surface area (Å²) >= 11 is 5.84. The van der Waals surface area contributed by atoms with Gasteiger partial charge in [0.15, 0.2) is 6.10 Å². The van der Waals surface area contributed by atoms with Crippen LogP contribution in [0.2, 0.25) is 5.02 Å². The number of ether oxygens (including phenoxy) is 1. The highest BCUT2D eigenvalue weighted by atomic mass is 35.5. The van der Waals surface area contributed by atoms with E-state index in [0.29, 0.717) is 16.3 Å². The molecular formula is C14H20ClNO3. The van der Waals surface area contributed by atoms with E-state index in [4.69, 9.17) is 16.3 Å². The Bertz CT molecular complexity index is 437. The van der Waals surface area contributed by atoms with E-state index in [9.17, 15) is 9.90 Å². The number of carbonyl (C=O) groups is 1. The number of hydrogen-bond donors (Lipinski definition) is 2. The molecule has 0 spiro atoms. The van der Waals surface area contributed by atoms with Crippen molar-refractivity contribution in [1.29, 1.82) is 0 Å². The summed E-state index contributed by atoms with van der Waals surface area (Å²) in [6.07, 6.45) is 0.238. The number of amides is 1. The minimum Gasteiger partial charge on any atom is -0.481 e. The lowest BCUT2D eigenvalue weighted by atomic mass is 10.2. The highest BCUT2D eigenvalue weighted by Gasteiger charge is 2.17. The van der Waals surface area contributed by atoms with Gasteiger partial charge < -0.3 is 15.2 Å². The summed E-state index contributed by atoms with van der Waals surface area (Å²) in [6, 6.07) is 5.05. The van der Waals surface area contributed by atoms with E-state index in [1.807, 2.05) is 13.8 Å². The maximum absolute atomic E-state index is 11.9. The lowest BCUT2D eigenvalue weighted by Gasteiger charge is -2.19. The van der Waals surface area contributed by atoms with Gasteiger partial charge in [0.2, 0.25) is 0 Å². The normalized spacial score (nSPS) is 13.7. The van der Waals surface area contributed by atoms with Crippen molar-refractivity contribution in [3.05, 3.63) is 28.8 Å². The zero-order chi connectivity index (χ0) is 14.4. The molecular weight excluding hydrogens is 266 g/mol. The minimum absolute atomic E-state index is 0.112. The van der Waals surface area contributed by atoms with Gasteiger partial charge in [-0.15, -0.1) is 0 Å². The number of benzene rings is 1. The van der Waals surface area contributed by atoms with Crippen LogP contribution in [0.3, 0.4) is 0 Å². The third-order valence-electron chi connectivity index (χ3n) is 2.87. The Morgan fingerprint density at radius 2 is 2.16 bits per heavy atom. The SMILES string of the molecule is CCC(C)NC(=O)C(C)Oc1ccc(Cl)cc1CO. The van der Waals surface area contributed by atoms with E-state index in [2.05, 4.69) is 5.32 Å². The number of hydrogen-bond acceptors (Lipinski definition) is 3. The molecule has 2 unspecified atom stereocenters. The largest absolute Gasteiger partial charge is 0.481 e. The van der Waals surface area contributed by atoms with Crippen molar-refractivity contribution in [3.8, 4) is 5.75 Å². The van der Waals surface area contributed by atoms with Crippen LogP contribution in [0.5, 0.6) is 5.75 Å². The fourth-order valence-electron chi connectivity index (χ4n) is 1.49. The first-order valence-corrected chi connectivity index (χ1v) is 6.72. The van der Waals surface area contributed by atoms with Gasteiger partial charge in [0, 0.05) is 16.6 Å². The standard InChI is InChI=1S/C14H20ClNO3/c1-4-9(2)16-14(18)10(3)19-13-6-5-12(15)7-11(13)8-17/h5-7,9-10,17H,4,8H2,1-3H3,(H,16,18). The highest BCUT2D eigenvalue weighted by Crippen LogP contribution is 2.23. The van der Waals surface area contributed by atoms with Crippen molar-refractivity contribution in [1.82, 2.24) is 5.32 Å². The molecule has 0 bridgehead atoms. The second kappa shape index (κ2) is 7.36. The molecule has 0 saturated heterocycles. The van der Waals surface area contributed by atoms with Crippen molar-refractivity contribution >= 4 is 17.5 Å². The number of halogens is 1. The zero-order valence-corrected chi connectivity index (χ0v) is 12.2. The van der Waals surface area contributed by atoms with Gasteiger partial charge in [-0.1, -0.05) is 18.5 Å². The third kappa shape index (κ3) is 4.73. The molecule has 0 fully saturated rings. The van der Waals surface area contributed by atoms with Crippen molar-refractivity contribution in [2.45, 2.75) is 45.9 Å². The smallest absolute Gasteiger partial charge is 0.260 e. The summed E-state index contributed by atoms with van der Waals surface area (Å²) in [5.74, 6) is 0.298. The summed E-state index contributed by atoms with van der Waals surface area (Å²) < 4.78 is 5.57. The Kier molecular flexibility index (Phi) is 6.12. The Balaban J connectivity index is 2.71. The molecule has 0 aliphatic carbocycles. The second-order valence-corrected chi connectivity index (χ2v) is 4.92. The number of rotatable bonds is 6. The molecule has 1 aromatic rings. The lowest BCUT2D eigenvalue weighted by molar-refractivity contribution is -0.127. The molecule has 0 aromatic heterocycles. The lowest BCUT2D eigenvalue weighted by Crippen LogP contribution is -2.41. The van der Waals surface area contributed by atoms with Crippen LogP contribution in [-0.2, 0) is 11.4 Å². The first-order chi connectivity index (χ1) is 8.97. The fraction of sp³-hybridized carbons (Fsp3) is 0.500. The predicted octanol–water partition coefficient (Wildman–Crippen LogP) is 2.51. The van der Waals surface area contributed by atoms with Gasteiger partial charge >= 0.3 is 0 Å². The summed E-state index contributed by atoms with van der Waals surface area (Å²) in [5, 5.41) is 12.6. The molecule has 0 heterocycles. The van der Waals surface area contributed by atoms with Gasteiger partial charge in [-0.25, -0.2) is 0 Å². The molecule has 5 heteroatoms. The second-order valence-electron chi connectivity index (χ2n) is 4.49. The van der Waals surface area contributed by atoms with Gasteiger partial charge in [-0.05, 0) is 38.5 Å². The highest BCUT2D eigenvalue weighted by molar-refractivity contribution is 6.30. The van der Waals surface area contributed by atoms with E-state index in [1.165, 1.54) is 0 Å². The van der Waals surface area contributed by atoms with Crippen LogP contribution >= 0.6 is 11.6 Å². The van der Waals surface area contributed by atoms with Crippen molar-refractivity contribution in [2.75, 3.05) is 0 Å². The average molecular weight is 286 g/mol. The molecule has 1 amide bonds. The number of aliphatic hydroxyl groups is 1. The molecule has 0 saturated carbocycles. The molecule has 1 rings (SSSR count). The number of nitrogens with one attached hydrogen (secondary N) is 1. The maximum Gasteiger partial charge on any atom is 0.260 e. The van der Waals surface area contributed by atoms with Crippen LogP contribution in [0.25, 0.3) is 0 Å². The molecule has 2 atom stereocenters. The molecule has 106 valence electrons. The van der Waals surface area contributed by atoms with Crippen LogP contribution < -0.4 is 10.1 Å². The quantitative estimate of drug-likeness (QED) is 0.844. The predicted molar refractivity (Wildman–Crippen MR) is 75.4 cm³/mol. The monoisotopic (exact) mass is 285 g/mol. The van der Waals surface area contributed by atoms with E-state index in [-0.39, 0.29) is 18.6 Å². The fourth-order valence-corrected chi connectivity index (χ4v) is 1.69. The zero-order valence-electron chi connectivity index (χ0n) is 11.4. The van der Waals surface area contributed by atoms with Gasteiger partial charge in [-0.2, -0.15) is 0 Å². The van der Waals surface area contributed by atoms with Crippen LogP contribution in [0.15, 0.2) is 18.2 Å². The topological polar surface area (TPSA) is 58.6 Å². The molecule has 2 N–H and O–H groups in total. The molecule has 1 aromatic carbocycles. The molecule has 0 radical (unpaired) electrons. The summed E-state index contributed by atoms with van der Waals surface area (Å²) in [5.41, 5.74) is 0.565. The van der Waals surface area contributed by atoms with Crippen LogP contribution in [0, 0.1) is 0 Å². The summed E-state index contributed by atoms with van der Waals surface area (Å²) in [6.45, 7) is 5.43. The Morgan fingerprint density at radius 3 is 2.74 bits per heavy atom. The van der Waals surface area contributed by atoms with Crippen molar-refractivity contribution in [3.63, 3.8) is 0 Å². The van der Waals surface area contributed by atoms with Gasteiger partial charge in [0.05, 0.1) is 6.61 Å². The Morgan fingerprint density at radius 1 is 1.47 bits per heavy atom. The van der Waals surface area contributed by atoms with Gasteiger partial charge in [-0.3, -0.25) is 4.79 Å². The Labute approximate surface area is 118 Å². The van der Waals surface area contributed by atoms with E-state index in [1.54, 1.807) is 25.1 Å². The number of carbonyl (C=O) groups excluding carboxylic acids is 1. The number of aliphatic hydroxyl groups excluding tert-OH is 1. The van der Waals surface area contributed by atoms with Crippen molar-refractivity contribution in [2.24, 2.45) is 0 Å². The van der Waals surface area contributed by atoms with E-state index < -0.39 is 6.10 Å². The van der Waals surface area contributed by atoms with Crippen LogP contribution in [0.4, 0.5) is 0 Å². The summed E-state index contributed by atoms with van der Waals surface area (Å²) in [4.78, 5) is 11.9. The Hall–Kier alpha value is -1.26. The summed E-state index contributed by atoms with van der Waals surface area (Å²) in [7, 11) is 0. The average Bonchev–Trinajstić information content (AvgIpc) is 2.40. The van der Waals surface area contributed by atoms with E-state index in [0.717, 1.165) is 6.42 Å². The minimum atomic E-state index is -0.625. The van der Waals surface area contributed by atoms with E-state index >= 15 is 0 Å². The van der Waals surface area contributed by atoms with Crippen LogP contribution in [-0.4, -0.2) is 23.2 Å². The van der Waals surface area contributed by atoms with Crippen LogP contribution in [0.1, 0.15) is 32.8 Å². The van der Waals surface area contributed by atoms with Gasteiger partial charge in [0.1, 0.15) is 5.75 Å². The first-order valence-electron chi connectivity index (χ1n) is 6.34. The molecule has 19 heavy (non-hydrogen) atoms. The van der Waals surface area contributed by atoms with Crippen molar-refractivity contribution < 1.29 is 14.6 Å². The molecule has 0 aliphatic rings. The third-order valence-corrected chi connectivity index (χ3v) is 3.10. The maximum atomic E-state index is 11.9. The first kappa shape index (κ1) is 15.8. The molecule has 4 nitrogen and oxygen atoms in total. The van der Waals surface area contributed by atoms with Gasteiger partial charge in [0.25, 0.3) is 5.91 Å².